The summed E-state index contributed by atoms with van der Waals surface area (Å²) in [6.07, 6.45) is 2.47. The smallest absolute Gasteiger partial charge is 0.338 e. The van der Waals surface area contributed by atoms with Crippen LogP contribution in [-0.4, -0.2) is 42.7 Å². The summed E-state index contributed by atoms with van der Waals surface area (Å²) < 4.78 is 15.6. The highest BCUT2D eigenvalue weighted by Crippen LogP contribution is 2.31. The molecule has 0 aliphatic rings. The third-order valence-electron chi connectivity index (χ3n) is 4.16. The fraction of sp³-hybridized carbons (Fsp3) is 0.263. The molecule has 0 spiro atoms. The number of carboxylic acids is 1. The van der Waals surface area contributed by atoms with Crippen molar-refractivity contribution in [2.75, 3.05) is 20.8 Å². The van der Waals surface area contributed by atoms with Crippen molar-refractivity contribution in [3.8, 4) is 11.5 Å². The average Bonchev–Trinajstić information content (AvgIpc) is 3.31. The van der Waals surface area contributed by atoms with Gasteiger partial charge in [0.05, 0.1) is 25.3 Å². The van der Waals surface area contributed by atoms with Crippen LogP contribution in [0.25, 0.3) is 10.9 Å². The molecule has 0 aliphatic heterocycles. The Hall–Kier alpha value is -3.42. The molecule has 27 heavy (non-hydrogen) atoms. The molecule has 0 saturated carbocycles. The van der Waals surface area contributed by atoms with Crippen molar-refractivity contribution in [2.24, 2.45) is 0 Å². The van der Waals surface area contributed by atoms with E-state index in [1.54, 1.807) is 14.2 Å². The number of hydrogen-bond donors (Lipinski definition) is 3. The molecule has 0 radical (unpaired) electrons. The van der Waals surface area contributed by atoms with E-state index in [9.17, 15) is 9.59 Å². The maximum atomic E-state index is 12.0. The van der Waals surface area contributed by atoms with Crippen LogP contribution in [0.2, 0.25) is 0 Å². The van der Waals surface area contributed by atoms with Crippen LogP contribution in [0.3, 0.4) is 0 Å². The lowest BCUT2D eigenvalue weighted by Gasteiger charge is -2.04. The summed E-state index contributed by atoms with van der Waals surface area (Å²) in [6.45, 7) is 0.428. The van der Waals surface area contributed by atoms with Gasteiger partial charge in [-0.05, 0) is 18.9 Å². The van der Waals surface area contributed by atoms with Crippen molar-refractivity contribution in [3.63, 3.8) is 0 Å². The van der Waals surface area contributed by atoms with Gasteiger partial charge in [0.15, 0.2) is 5.76 Å². The van der Waals surface area contributed by atoms with Gasteiger partial charge in [0, 0.05) is 35.8 Å². The zero-order valence-electron chi connectivity index (χ0n) is 15.0. The van der Waals surface area contributed by atoms with Crippen LogP contribution in [-0.2, 0) is 6.42 Å². The Morgan fingerprint density at radius 3 is 2.67 bits per heavy atom. The molecule has 0 unspecified atom stereocenters. The van der Waals surface area contributed by atoms with Crippen LogP contribution >= 0.6 is 0 Å². The van der Waals surface area contributed by atoms with E-state index in [1.807, 2.05) is 18.2 Å². The number of fused-ring (bicyclic) bond motifs is 1. The van der Waals surface area contributed by atoms with Crippen LogP contribution in [0.1, 0.15) is 33.0 Å². The standard InChI is InChI=1S/C19H20N2O6/c1-25-13-8-15-14(16(9-13)26-2)7-12(21-15)4-3-5-20-18(22)17-6-11(10-27-17)19(23)24/h6-10,21H,3-5H2,1-2H3,(H,20,22)(H,23,24). The number of carboxylic acid groups (broad SMARTS) is 1. The third kappa shape index (κ3) is 4.05. The number of benzene rings is 1. The number of hydrogen-bond acceptors (Lipinski definition) is 5. The Morgan fingerprint density at radius 1 is 1.19 bits per heavy atom. The molecule has 1 aromatic carbocycles. The fourth-order valence-corrected chi connectivity index (χ4v) is 2.79. The molecule has 0 saturated heterocycles. The molecule has 3 rings (SSSR count). The number of furan rings is 1. The lowest BCUT2D eigenvalue weighted by Crippen LogP contribution is -2.24. The number of aromatic nitrogens is 1. The molecule has 3 N–H and O–H groups in total. The molecule has 0 aliphatic carbocycles. The zero-order valence-corrected chi connectivity index (χ0v) is 15.0. The van der Waals surface area contributed by atoms with Gasteiger partial charge in [-0.25, -0.2) is 4.79 Å². The number of carbonyl (C=O) groups excluding carboxylic acids is 1. The molecule has 0 atom stereocenters. The zero-order chi connectivity index (χ0) is 19.4. The Kier molecular flexibility index (Phi) is 5.35. The van der Waals surface area contributed by atoms with Gasteiger partial charge in [0.1, 0.15) is 17.8 Å². The summed E-state index contributed by atoms with van der Waals surface area (Å²) in [4.78, 5) is 26.1. The van der Waals surface area contributed by atoms with Crippen LogP contribution in [0.5, 0.6) is 11.5 Å². The summed E-state index contributed by atoms with van der Waals surface area (Å²) in [5, 5.41) is 12.5. The first kappa shape index (κ1) is 18.4. The molecular formula is C19H20N2O6. The molecular weight excluding hydrogens is 352 g/mol. The molecule has 8 nitrogen and oxygen atoms in total. The number of aromatic carboxylic acids is 1. The monoisotopic (exact) mass is 372 g/mol. The van der Waals surface area contributed by atoms with E-state index in [-0.39, 0.29) is 11.3 Å². The molecule has 8 heteroatoms. The van der Waals surface area contributed by atoms with Gasteiger partial charge >= 0.3 is 5.97 Å². The molecule has 0 bridgehead atoms. The van der Waals surface area contributed by atoms with Gasteiger partial charge in [-0.1, -0.05) is 0 Å². The number of nitrogens with one attached hydrogen (secondary N) is 2. The average molecular weight is 372 g/mol. The second-order valence-electron chi connectivity index (χ2n) is 5.95. The Morgan fingerprint density at radius 2 is 2.00 bits per heavy atom. The molecule has 3 aromatic rings. The van der Waals surface area contributed by atoms with Crippen molar-refractivity contribution < 1.29 is 28.6 Å². The van der Waals surface area contributed by atoms with Crippen molar-refractivity contribution in [1.29, 1.82) is 0 Å². The summed E-state index contributed by atoms with van der Waals surface area (Å²) in [7, 11) is 3.21. The first-order valence-corrected chi connectivity index (χ1v) is 8.35. The van der Waals surface area contributed by atoms with Gasteiger partial charge in [-0.15, -0.1) is 0 Å². The third-order valence-corrected chi connectivity index (χ3v) is 4.16. The number of aryl methyl sites for hydroxylation is 1. The highest BCUT2D eigenvalue weighted by Gasteiger charge is 2.14. The minimum Gasteiger partial charge on any atom is -0.497 e. The van der Waals surface area contributed by atoms with Crippen molar-refractivity contribution in [1.82, 2.24) is 10.3 Å². The van der Waals surface area contributed by atoms with Crippen LogP contribution in [0, 0.1) is 0 Å². The normalized spacial score (nSPS) is 10.7. The SMILES string of the molecule is COc1cc(OC)c2cc(CCCNC(=O)c3cc(C(=O)O)co3)[nH]c2c1. The first-order chi connectivity index (χ1) is 13.0. The van der Waals surface area contributed by atoms with E-state index < -0.39 is 11.9 Å². The Balaban J connectivity index is 1.57. The van der Waals surface area contributed by atoms with Gasteiger partial charge in [-0.2, -0.15) is 0 Å². The second kappa shape index (κ2) is 7.86. The van der Waals surface area contributed by atoms with E-state index in [0.717, 1.165) is 35.0 Å². The van der Waals surface area contributed by atoms with Gasteiger partial charge in [0.25, 0.3) is 5.91 Å². The summed E-state index contributed by atoms with van der Waals surface area (Å²) in [6, 6.07) is 6.95. The van der Waals surface area contributed by atoms with E-state index in [1.165, 1.54) is 6.07 Å². The lowest BCUT2D eigenvalue weighted by molar-refractivity contribution is 0.0695. The highest BCUT2D eigenvalue weighted by atomic mass is 16.5. The number of carbonyl (C=O) groups is 2. The Bertz CT molecular complexity index is 972. The van der Waals surface area contributed by atoms with Crippen molar-refractivity contribution in [3.05, 3.63) is 47.5 Å². The number of aromatic amines is 1. The summed E-state index contributed by atoms with van der Waals surface area (Å²) in [5.41, 5.74) is 1.88. The number of ether oxygens (including phenoxy) is 2. The van der Waals surface area contributed by atoms with Crippen molar-refractivity contribution >= 4 is 22.8 Å². The maximum absolute atomic E-state index is 12.0. The summed E-state index contributed by atoms with van der Waals surface area (Å²) in [5.74, 6) is -0.157. The van der Waals surface area contributed by atoms with Crippen molar-refractivity contribution in [2.45, 2.75) is 12.8 Å². The van der Waals surface area contributed by atoms with Crippen LogP contribution in [0.15, 0.2) is 34.9 Å². The topological polar surface area (TPSA) is 114 Å². The minimum absolute atomic E-state index is 0.0187. The summed E-state index contributed by atoms with van der Waals surface area (Å²) >= 11 is 0. The second-order valence-corrected chi connectivity index (χ2v) is 5.95. The van der Waals surface area contributed by atoms with Gasteiger partial charge in [0.2, 0.25) is 0 Å². The fourth-order valence-electron chi connectivity index (χ4n) is 2.79. The maximum Gasteiger partial charge on any atom is 0.338 e. The van der Waals surface area contributed by atoms with Crippen LogP contribution < -0.4 is 14.8 Å². The number of amides is 1. The number of methoxy groups -OCH3 is 2. The first-order valence-electron chi connectivity index (χ1n) is 8.35. The lowest BCUT2D eigenvalue weighted by atomic mass is 10.2. The predicted octanol–water partition coefficient (Wildman–Crippen LogP) is 2.84. The van der Waals surface area contributed by atoms with Gasteiger partial charge < -0.3 is 29.3 Å². The molecule has 1 amide bonds. The van der Waals surface area contributed by atoms with E-state index in [2.05, 4.69) is 10.3 Å². The molecule has 0 fully saturated rings. The number of H-pyrrole nitrogens is 1. The largest absolute Gasteiger partial charge is 0.497 e. The molecule has 142 valence electrons. The minimum atomic E-state index is -1.14. The molecule has 2 aromatic heterocycles. The highest BCUT2D eigenvalue weighted by molar-refractivity contribution is 5.95. The quantitative estimate of drug-likeness (QED) is 0.524. The van der Waals surface area contributed by atoms with E-state index >= 15 is 0 Å². The predicted molar refractivity (Wildman–Crippen MR) is 97.7 cm³/mol. The molecule has 2 heterocycles. The van der Waals surface area contributed by atoms with Gasteiger partial charge in [-0.3, -0.25) is 4.79 Å². The van der Waals surface area contributed by atoms with Crippen LogP contribution in [0.4, 0.5) is 0 Å². The Labute approximate surface area is 155 Å². The number of rotatable bonds is 8. The van der Waals surface area contributed by atoms with E-state index in [0.29, 0.717) is 18.7 Å². The van der Waals surface area contributed by atoms with E-state index in [4.69, 9.17) is 19.0 Å².